The van der Waals surface area contributed by atoms with Crippen LogP contribution in [0.4, 0.5) is 0 Å². The first-order chi connectivity index (χ1) is 5.37. The van der Waals surface area contributed by atoms with Crippen LogP contribution in [0.3, 0.4) is 0 Å². The molecule has 2 saturated carbocycles. The molecule has 1 heterocycles. The third kappa shape index (κ3) is 0.581. The lowest BCUT2D eigenvalue weighted by molar-refractivity contribution is -0.0701. The van der Waals surface area contributed by atoms with Gasteiger partial charge >= 0.3 is 0 Å². The van der Waals surface area contributed by atoms with Crippen molar-refractivity contribution < 1.29 is 0 Å². The zero-order valence-corrected chi connectivity index (χ0v) is 7.16. The second-order valence-electron chi connectivity index (χ2n) is 4.87. The maximum absolute atomic E-state index is 3.61. The molecule has 0 aromatic heterocycles. The largest absolute Gasteiger partial charge is 0.316 e. The van der Waals surface area contributed by atoms with Crippen LogP contribution in [0.25, 0.3) is 0 Å². The molecule has 3 rings (SSSR count). The van der Waals surface area contributed by atoms with Crippen molar-refractivity contribution in [3.63, 3.8) is 0 Å². The zero-order valence-electron chi connectivity index (χ0n) is 7.16. The van der Waals surface area contributed by atoms with Gasteiger partial charge in [-0.25, -0.2) is 0 Å². The molecule has 3 fully saturated rings. The molecule has 1 nitrogen and oxygen atoms in total. The third-order valence-electron chi connectivity index (χ3n) is 4.69. The van der Waals surface area contributed by atoms with E-state index in [-0.39, 0.29) is 0 Å². The fourth-order valence-corrected chi connectivity index (χ4v) is 3.81. The van der Waals surface area contributed by atoms with Crippen LogP contribution in [0.15, 0.2) is 0 Å². The van der Waals surface area contributed by atoms with Crippen LogP contribution in [-0.2, 0) is 0 Å². The second-order valence-corrected chi connectivity index (χ2v) is 4.87. The Kier molecular flexibility index (Phi) is 1.07. The molecule has 0 amide bonds. The van der Waals surface area contributed by atoms with Crippen LogP contribution in [-0.4, -0.2) is 13.1 Å². The highest BCUT2D eigenvalue weighted by atomic mass is 15.0. The Morgan fingerprint density at radius 3 is 1.73 bits per heavy atom. The molecular weight excluding hydrogens is 134 g/mol. The van der Waals surface area contributed by atoms with Crippen molar-refractivity contribution in [3.05, 3.63) is 0 Å². The van der Waals surface area contributed by atoms with Gasteiger partial charge < -0.3 is 5.32 Å². The minimum Gasteiger partial charge on any atom is -0.316 e. The molecule has 0 spiro atoms. The fraction of sp³-hybridized carbons (Fsp3) is 1.00. The van der Waals surface area contributed by atoms with E-state index < -0.39 is 0 Å². The summed E-state index contributed by atoms with van der Waals surface area (Å²) >= 11 is 0. The molecule has 1 N–H and O–H groups in total. The van der Waals surface area contributed by atoms with Crippen molar-refractivity contribution in [2.75, 3.05) is 13.1 Å². The minimum atomic E-state index is 0.797. The Morgan fingerprint density at radius 1 is 0.727 bits per heavy atom. The summed E-state index contributed by atoms with van der Waals surface area (Å²) in [5, 5.41) is 3.61. The Hall–Kier alpha value is -0.0400. The summed E-state index contributed by atoms with van der Waals surface area (Å²) in [6.07, 6.45) is 9.12. The molecule has 1 heteroatoms. The van der Waals surface area contributed by atoms with Crippen molar-refractivity contribution in [2.24, 2.45) is 10.8 Å². The second kappa shape index (κ2) is 1.82. The monoisotopic (exact) mass is 151 g/mol. The van der Waals surface area contributed by atoms with Crippen molar-refractivity contribution in [2.45, 2.75) is 38.5 Å². The summed E-state index contributed by atoms with van der Waals surface area (Å²) in [6.45, 7) is 2.68. The standard InChI is InChI=1S/C10H17N/c1-2-4-10-6-5-9(10,3-1)7-11-8-10/h11H,1-8H2. The first kappa shape index (κ1) is 6.47. The number of rotatable bonds is 0. The van der Waals surface area contributed by atoms with Crippen molar-refractivity contribution in [1.82, 2.24) is 5.32 Å². The van der Waals surface area contributed by atoms with E-state index in [0.717, 1.165) is 10.8 Å². The first-order valence-corrected chi connectivity index (χ1v) is 5.08. The third-order valence-corrected chi connectivity index (χ3v) is 4.69. The molecule has 2 unspecified atom stereocenters. The molecule has 0 aromatic carbocycles. The summed E-state index contributed by atoms with van der Waals surface area (Å²) in [6, 6.07) is 0. The molecule has 2 atom stereocenters. The lowest BCUT2D eigenvalue weighted by Gasteiger charge is -2.58. The summed E-state index contributed by atoms with van der Waals surface area (Å²) in [4.78, 5) is 0. The highest BCUT2D eigenvalue weighted by Gasteiger charge is 2.61. The van der Waals surface area contributed by atoms with Gasteiger partial charge in [0.25, 0.3) is 0 Å². The van der Waals surface area contributed by atoms with Gasteiger partial charge in [-0.3, -0.25) is 0 Å². The lowest BCUT2D eigenvalue weighted by Crippen LogP contribution is -2.52. The highest BCUT2D eigenvalue weighted by Crippen LogP contribution is 2.66. The van der Waals surface area contributed by atoms with Crippen molar-refractivity contribution in [1.29, 1.82) is 0 Å². The van der Waals surface area contributed by atoms with E-state index in [9.17, 15) is 0 Å². The molecule has 1 saturated heterocycles. The Bertz CT molecular complexity index is 169. The van der Waals surface area contributed by atoms with Gasteiger partial charge in [-0.05, 0) is 36.5 Å². The van der Waals surface area contributed by atoms with E-state index in [4.69, 9.17) is 0 Å². The van der Waals surface area contributed by atoms with E-state index in [1.165, 1.54) is 51.6 Å². The first-order valence-electron chi connectivity index (χ1n) is 5.08. The average Bonchev–Trinajstić information content (AvgIpc) is 2.29. The van der Waals surface area contributed by atoms with Gasteiger partial charge in [0, 0.05) is 13.1 Å². The van der Waals surface area contributed by atoms with E-state index in [1.807, 2.05) is 0 Å². The molecule has 1 aliphatic heterocycles. The molecule has 0 aromatic rings. The van der Waals surface area contributed by atoms with Gasteiger partial charge in [0.2, 0.25) is 0 Å². The van der Waals surface area contributed by atoms with Gasteiger partial charge in [-0.2, -0.15) is 0 Å². The lowest BCUT2D eigenvalue weighted by atomic mass is 9.46. The van der Waals surface area contributed by atoms with Crippen LogP contribution in [0, 0.1) is 10.8 Å². The van der Waals surface area contributed by atoms with Crippen molar-refractivity contribution >= 4 is 0 Å². The highest BCUT2D eigenvalue weighted by molar-refractivity contribution is 5.14. The molecule has 3 aliphatic rings. The Morgan fingerprint density at radius 2 is 1.27 bits per heavy atom. The molecular formula is C10H17N. The van der Waals surface area contributed by atoms with E-state index in [0.29, 0.717) is 0 Å². The predicted octanol–water partition coefficient (Wildman–Crippen LogP) is 1.93. The number of hydrogen-bond donors (Lipinski definition) is 1. The Balaban J connectivity index is 1.97. The van der Waals surface area contributed by atoms with Crippen LogP contribution in [0.1, 0.15) is 38.5 Å². The summed E-state index contributed by atoms with van der Waals surface area (Å²) in [5.41, 5.74) is 1.59. The topological polar surface area (TPSA) is 12.0 Å². The normalized spacial score (nSPS) is 54.5. The summed E-state index contributed by atoms with van der Waals surface area (Å²) in [7, 11) is 0. The van der Waals surface area contributed by atoms with Gasteiger partial charge in [0.05, 0.1) is 0 Å². The van der Waals surface area contributed by atoms with E-state index in [1.54, 1.807) is 0 Å². The van der Waals surface area contributed by atoms with Crippen LogP contribution in [0.5, 0.6) is 0 Å². The quantitative estimate of drug-likeness (QED) is 0.558. The smallest absolute Gasteiger partial charge is 0.00139 e. The van der Waals surface area contributed by atoms with E-state index in [2.05, 4.69) is 5.32 Å². The molecule has 11 heavy (non-hydrogen) atoms. The van der Waals surface area contributed by atoms with Gasteiger partial charge in [0.1, 0.15) is 0 Å². The molecule has 2 aliphatic carbocycles. The zero-order chi connectivity index (χ0) is 7.36. The van der Waals surface area contributed by atoms with Crippen LogP contribution < -0.4 is 5.32 Å². The van der Waals surface area contributed by atoms with Gasteiger partial charge in [0.15, 0.2) is 0 Å². The molecule has 0 radical (unpaired) electrons. The van der Waals surface area contributed by atoms with Crippen molar-refractivity contribution in [3.8, 4) is 0 Å². The van der Waals surface area contributed by atoms with Gasteiger partial charge in [-0.1, -0.05) is 12.8 Å². The predicted molar refractivity (Wildman–Crippen MR) is 45.4 cm³/mol. The van der Waals surface area contributed by atoms with Crippen LogP contribution >= 0.6 is 0 Å². The fourth-order valence-electron chi connectivity index (χ4n) is 3.81. The summed E-state index contributed by atoms with van der Waals surface area (Å²) < 4.78 is 0. The molecule has 0 bridgehead atoms. The van der Waals surface area contributed by atoms with E-state index >= 15 is 0 Å². The van der Waals surface area contributed by atoms with Crippen LogP contribution in [0.2, 0.25) is 0 Å². The average molecular weight is 151 g/mol. The van der Waals surface area contributed by atoms with Gasteiger partial charge in [-0.15, -0.1) is 0 Å². The SMILES string of the molecule is C1CCC23CCC2(C1)CNC3. The maximum atomic E-state index is 3.61. The molecule has 62 valence electrons. The number of nitrogens with one attached hydrogen (secondary N) is 1. The number of hydrogen-bond acceptors (Lipinski definition) is 1. The summed E-state index contributed by atoms with van der Waals surface area (Å²) in [5.74, 6) is 0. The maximum Gasteiger partial charge on any atom is 0.00139 e. The Labute approximate surface area is 68.6 Å². The minimum absolute atomic E-state index is 0.797.